The molecule has 2 rings (SSSR count). The average Bonchev–Trinajstić information content (AvgIpc) is 2.31. The van der Waals surface area contributed by atoms with E-state index in [1.165, 1.54) is 12.2 Å². The van der Waals surface area contributed by atoms with Crippen LogP contribution in [0.1, 0.15) is 0 Å². The molecule has 4 nitrogen and oxygen atoms in total. The molecule has 0 aliphatic heterocycles. The zero-order valence-corrected chi connectivity index (χ0v) is 10.6. The maximum atomic E-state index is 11.7. The lowest BCUT2D eigenvalue weighted by Crippen LogP contribution is -2.16. The van der Waals surface area contributed by atoms with Crippen LogP contribution in [0.5, 0.6) is 0 Å². The van der Waals surface area contributed by atoms with Crippen molar-refractivity contribution in [2.45, 2.75) is 0 Å². The minimum atomic E-state index is -0.288. The monoisotopic (exact) mass is 281 g/mol. The van der Waals surface area contributed by atoms with Gasteiger partial charge in [0.25, 0.3) is 0 Å². The second kappa shape index (κ2) is 4.84. The van der Waals surface area contributed by atoms with Gasteiger partial charge in [-0.25, -0.2) is 0 Å². The zero-order valence-electron chi connectivity index (χ0n) is 9.13. The van der Waals surface area contributed by atoms with Crippen LogP contribution in [0, 0.1) is 5.41 Å². The lowest BCUT2D eigenvalue weighted by atomic mass is 10.1. The topological polar surface area (TPSA) is 79.0 Å². The van der Waals surface area contributed by atoms with Gasteiger partial charge < -0.3 is 11.1 Å². The number of carbonyl (C=O) groups excluding carboxylic acids is 1. The van der Waals surface area contributed by atoms with Gasteiger partial charge in [0.2, 0.25) is 5.78 Å². The summed E-state index contributed by atoms with van der Waals surface area (Å²) in [5.41, 5.74) is 7.02. The van der Waals surface area contributed by atoms with Gasteiger partial charge in [-0.05, 0) is 24.3 Å². The van der Waals surface area contributed by atoms with Crippen molar-refractivity contribution in [1.29, 1.82) is 5.41 Å². The van der Waals surface area contributed by atoms with Crippen molar-refractivity contribution < 1.29 is 4.79 Å². The van der Waals surface area contributed by atoms with Crippen molar-refractivity contribution in [2.75, 3.05) is 11.1 Å². The summed E-state index contributed by atoms with van der Waals surface area (Å²) < 4.78 is 0. The van der Waals surface area contributed by atoms with E-state index in [9.17, 15) is 4.79 Å². The predicted molar refractivity (Wildman–Crippen MR) is 74.2 cm³/mol. The van der Waals surface area contributed by atoms with Crippen LogP contribution in [0.25, 0.3) is 0 Å². The third-order valence-corrected chi connectivity index (χ3v) is 2.99. The Balaban J connectivity index is 2.24. The number of halogens is 2. The standard InChI is InChI=1S/C12H9Cl2N3O/c13-7-3-6(1-2-9(7)15)17-11-5-10(16)8(14)4-12(11)18/h1-5,16-17H,15H2. The SMILES string of the molecule is N=C1C=C(Nc2ccc(N)c(Cl)c2)C(=O)C=C1Cl. The van der Waals surface area contributed by atoms with Gasteiger partial charge in [0, 0.05) is 11.8 Å². The van der Waals surface area contributed by atoms with Gasteiger partial charge in [0.15, 0.2) is 0 Å². The van der Waals surface area contributed by atoms with Crippen molar-refractivity contribution in [2.24, 2.45) is 0 Å². The Bertz CT molecular complexity index is 605. The summed E-state index contributed by atoms with van der Waals surface area (Å²) in [7, 11) is 0. The van der Waals surface area contributed by atoms with E-state index in [1.54, 1.807) is 18.2 Å². The van der Waals surface area contributed by atoms with Crippen molar-refractivity contribution in [3.05, 3.63) is 46.1 Å². The maximum Gasteiger partial charge on any atom is 0.203 e. The van der Waals surface area contributed by atoms with E-state index < -0.39 is 0 Å². The highest BCUT2D eigenvalue weighted by Crippen LogP contribution is 2.24. The molecule has 0 aromatic heterocycles. The molecule has 1 aliphatic rings. The van der Waals surface area contributed by atoms with E-state index in [1.807, 2.05) is 0 Å². The molecule has 6 heteroatoms. The normalized spacial score (nSPS) is 15.2. The molecule has 0 saturated heterocycles. The van der Waals surface area contributed by atoms with Gasteiger partial charge >= 0.3 is 0 Å². The van der Waals surface area contributed by atoms with Crippen molar-refractivity contribution in [3.63, 3.8) is 0 Å². The second-order valence-corrected chi connectivity index (χ2v) is 4.50. The highest BCUT2D eigenvalue weighted by molar-refractivity contribution is 6.48. The molecule has 0 atom stereocenters. The van der Waals surface area contributed by atoms with Crippen LogP contribution in [0.4, 0.5) is 11.4 Å². The third-order valence-electron chi connectivity index (χ3n) is 2.35. The first-order valence-corrected chi connectivity index (χ1v) is 5.77. The van der Waals surface area contributed by atoms with Crippen LogP contribution in [0.3, 0.4) is 0 Å². The fourth-order valence-corrected chi connectivity index (χ4v) is 1.75. The van der Waals surface area contributed by atoms with E-state index in [-0.39, 0.29) is 22.2 Å². The molecule has 4 N–H and O–H groups in total. The molecule has 0 unspecified atom stereocenters. The summed E-state index contributed by atoms with van der Waals surface area (Å²) in [5, 5.41) is 10.9. The molecule has 18 heavy (non-hydrogen) atoms. The number of carbonyl (C=O) groups is 1. The van der Waals surface area contributed by atoms with Crippen LogP contribution in [0.15, 0.2) is 41.1 Å². The molecule has 0 saturated carbocycles. The Labute approximate surface area is 114 Å². The summed E-state index contributed by atoms with van der Waals surface area (Å²) in [6.07, 6.45) is 2.57. The van der Waals surface area contributed by atoms with E-state index >= 15 is 0 Å². The van der Waals surface area contributed by atoms with Crippen LogP contribution in [-0.4, -0.2) is 11.5 Å². The molecule has 1 aromatic rings. The number of rotatable bonds is 2. The molecule has 92 valence electrons. The van der Waals surface area contributed by atoms with E-state index in [0.29, 0.717) is 16.4 Å². The number of benzene rings is 1. The number of nitrogens with one attached hydrogen (secondary N) is 2. The summed E-state index contributed by atoms with van der Waals surface area (Å²) in [5.74, 6) is -0.288. The number of nitrogens with two attached hydrogens (primary N) is 1. The molecule has 0 spiro atoms. The maximum absolute atomic E-state index is 11.7. The molecule has 1 aromatic carbocycles. The summed E-state index contributed by atoms with van der Waals surface area (Å²) in [6.45, 7) is 0. The third kappa shape index (κ3) is 2.55. The number of hydrogen-bond donors (Lipinski definition) is 3. The molecule has 0 fully saturated rings. The van der Waals surface area contributed by atoms with Gasteiger partial charge in [-0.2, -0.15) is 0 Å². The highest BCUT2D eigenvalue weighted by atomic mass is 35.5. The summed E-state index contributed by atoms with van der Waals surface area (Å²) >= 11 is 11.6. The minimum Gasteiger partial charge on any atom is -0.398 e. The lowest BCUT2D eigenvalue weighted by Gasteiger charge is -2.13. The quantitative estimate of drug-likeness (QED) is 0.576. The van der Waals surface area contributed by atoms with Gasteiger partial charge in [-0.1, -0.05) is 23.2 Å². The average molecular weight is 282 g/mol. The molecule has 0 radical (unpaired) electrons. The van der Waals surface area contributed by atoms with Crippen molar-refractivity contribution in [3.8, 4) is 0 Å². The number of nitrogen functional groups attached to an aromatic ring is 1. The Morgan fingerprint density at radius 3 is 2.61 bits per heavy atom. The Morgan fingerprint density at radius 2 is 1.94 bits per heavy atom. The zero-order chi connectivity index (χ0) is 13.3. The molecular formula is C12H9Cl2N3O. The van der Waals surface area contributed by atoms with Crippen molar-refractivity contribution in [1.82, 2.24) is 0 Å². The first kappa shape index (κ1) is 12.7. The number of allylic oxidation sites excluding steroid dienone is 3. The number of anilines is 2. The van der Waals surface area contributed by atoms with Crippen molar-refractivity contribution >= 4 is 46.1 Å². The van der Waals surface area contributed by atoms with Gasteiger partial charge in [-0.3, -0.25) is 10.2 Å². The van der Waals surface area contributed by atoms with Gasteiger partial charge in [0.1, 0.15) is 0 Å². The number of hydrogen-bond acceptors (Lipinski definition) is 4. The van der Waals surface area contributed by atoms with Gasteiger partial charge in [-0.15, -0.1) is 0 Å². The minimum absolute atomic E-state index is 0.0836. The molecule has 1 aliphatic carbocycles. The van der Waals surface area contributed by atoms with E-state index in [4.69, 9.17) is 34.3 Å². The van der Waals surface area contributed by atoms with Crippen LogP contribution < -0.4 is 11.1 Å². The Hall–Kier alpha value is -1.78. The molecule has 0 heterocycles. The van der Waals surface area contributed by atoms with E-state index in [0.717, 1.165) is 0 Å². The predicted octanol–water partition coefficient (Wildman–Crippen LogP) is 2.94. The van der Waals surface area contributed by atoms with Gasteiger partial charge in [0.05, 0.1) is 27.2 Å². The second-order valence-electron chi connectivity index (χ2n) is 3.69. The number of ketones is 1. The van der Waals surface area contributed by atoms with Crippen LogP contribution >= 0.6 is 23.2 Å². The van der Waals surface area contributed by atoms with Crippen LogP contribution in [0.2, 0.25) is 5.02 Å². The molecule has 0 bridgehead atoms. The highest BCUT2D eigenvalue weighted by Gasteiger charge is 2.16. The smallest absolute Gasteiger partial charge is 0.203 e. The Morgan fingerprint density at radius 1 is 1.22 bits per heavy atom. The first-order chi connectivity index (χ1) is 8.47. The van der Waals surface area contributed by atoms with Crippen LogP contribution in [-0.2, 0) is 4.79 Å². The molecular weight excluding hydrogens is 273 g/mol. The molecule has 0 amide bonds. The lowest BCUT2D eigenvalue weighted by molar-refractivity contribution is -0.111. The fraction of sp³-hybridized carbons (Fsp3) is 0. The van der Waals surface area contributed by atoms with E-state index in [2.05, 4.69) is 5.32 Å². The summed E-state index contributed by atoms with van der Waals surface area (Å²) in [4.78, 5) is 11.7. The largest absolute Gasteiger partial charge is 0.398 e. The Kier molecular flexibility index (Phi) is 3.41. The first-order valence-electron chi connectivity index (χ1n) is 5.01. The summed E-state index contributed by atoms with van der Waals surface area (Å²) in [6, 6.07) is 4.93. The fourth-order valence-electron chi connectivity index (χ4n) is 1.41.